The normalized spacial score (nSPS) is 13.0. The molecule has 3 aromatic rings. The number of rotatable bonds is 10. The predicted molar refractivity (Wildman–Crippen MR) is 146 cm³/mol. The van der Waals surface area contributed by atoms with E-state index >= 15 is 0 Å². The summed E-state index contributed by atoms with van der Waals surface area (Å²) in [6.45, 7) is 2.84. The van der Waals surface area contributed by atoms with Crippen LogP contribution in [0.2, 0.25) is 0 Å². The average Bonchev–Trinajstić information content (AvgIpc) is 3.32. The number of aliphatic imine (C=N–C) groups is 1. The summed E-state index contributed by atoms with van der Waals surface area (Å²) >= 11 is 3.39. The van der Waals surface area contributed by atoms with Gasteiger partial charge in [-0.2, -0.15) is 5.10 Å². The number of aryl methyl sites for hydroxylation is 1. The molecule has 0 saturated heterocycles. The molecule has 0 aliphatic heterocycles. The van der Waals surface area contributed by atoms with Crippen LogP contribution in [-0.2, 0) is 9.59 Å². The Balaban J connectivity index is 1.73. The molecule has 2 atom stereocenters. The molecule has 11 nitrogen and oxygen atoms in total. The lowest BCUT2D eigenvalue weighted by Gasteiger charge is -2.19. The Morgan fingerprint density at radius 2 is 1.97 bits per heavy atom. The summed E-state index contributed by atoms with van der Waals surface area (Å²) in [6, 6.07) is 7.77. The van der Waals surface area contributed by atoms with Crippen LogP contribution in [0.3, 0.4) is 0 Å². The molecule has 2 unspecified atom stereocenters. The van der Waals surface area contributed by atoms with E-state index in [1.165, 1.54) is 6.92 Å². The SMILES string of the molecule is CN/C(=N\CC(C)F)Nc1cc(C(=O)NCC(=O)NC(CC(=O)O)c2cc(C)cc(Br)c2)cc2[nH]ncc12. The Bertz CT molecular complexity index is 1340. The molecule has 0 aliphatic rings. The van der Waals surface area contributed by atoms with Crippen molar-refractivity contribution >= 4 is 56.3 Å². The summed E-state index contributed by atoms with van der Waals surface area (Å²) in [4.78, 5) is 41.1. The molecule has 0 saturated carbocycles. The summed E-state index contributed by atoms with van der Waals surface area (Å²) in [7, 11) is 1.63. The molecule has 6 N–H and O–H groups in total. The summed E-state index contributed by atoms with van der Waals surface area (Å²) in [5.41, 5.74) is 2.82. The molecule has 1 aromatic heterocycles. The monoisotopic (exact) mass is 589 g/mol. The zero-order valence-electron chi connectivity index (χ0n) is 21.1. The lowest BCUT2D eigenvalue weighted by Crippen LogP contribution is -2.39. The minimum atomic E-state index is -1.13. The van der Waals surface area contributed by atoms with E-state index in [9.17, 15) is 23.9 Å². The zero-order valence-corrected chi connectivity index (χ0v) is 22.6. The molecule has 13 heteroatoms. The van der Waals surface area contributed by atoms with E-state index in [2.05, 4.69) is 52.4 Å². The number of fused-ring (bicyclic) bond motifs is 1. The van der Waals surface area contributed by atoms with Gasteiger partial charge >= 0.3 is 5.97 Å². The number of benzene rings is 2. The zero-order chi connectivity index (χ0) is 27.8. The number of carbonyl (C=O) groups is 3. The number of halogens is 2. The lowest BCUT2D eigenvalue weighted by molar-refractivity contribution is -0.137. The molecule has 2 amide bonds. The first-order valence-electron chi connectivity index (χ1n) is 11.7. The van der Waals surface area contributed by atoms with Crippen molar-refractivity contribution in [2.24, 2.45) is 4.99 Å². The van der Waals surface area contributed by atoms with Crippen molar-refractivity contribution in [2.45, 2.75) is 32.5 Å². The van der Waals surface area contributed by atoms with Crippen LogP contribution in [-0.4, -0.2) is 65.4 Å². The maximum Gasteiger partial charge on any atom is 0.305 e. The van der Waals surface area contributed by atoms with E-state index < -0.39 is 30.0 Å². The van der Waals surface area contributed by atoms with Crippen molar-refractivity contribution in [1.82, 2.24) is 26.1 Å². The third-order valence-electron chi connectivity index (χ3n) is 5.40. The number of aromatic amines is 1. The van der Waals surface area contributed by atoms with Crippen LogP contribution in [0.4, 0.5) is 10.1 Å². The topological polar surface area (TPSA) is 161 Å². The van der Waals surface area contributed by atoms with Gasteiger partial charge in [-0.1, -0.05) is 22.0 Å². The molecular formula is C25H29BrFN7O4. The molecule has 2 aromatic carbocycles. The molecular weight excluding hydrogens is 561 g/mol. The van der Waals surface area contributed by atoms with Crippen molar-refractivity contribution in [3.63, 3.8) is 0 Å². The number of hydrogen-bond donors (Lipinski definition) is 6. The second kappa shape index (κ2) is 13.0. The molecule has 0 fully saturated rings. The van der Waals surface area contributed by atoms with Crippen molar-refractivity contribution in [1.29, 1.82) is 0 Å². The Morgan fingerprint density at radius 3 is 2.63 bits per heavy atom. The molecule has 0 radical (unpaired) electrons. The standard InChI is InChI=1S/C25H29BrFN7O4/c1-13-4-15(6-17(26)5-13)19(9-23(36)37)32-22(35)12-29-24(38)16-7-20(18-11-31-34-21(18)8-16)33-25(28-3)30-10-14(2)27/h4-8,11,14,19H,9-10,12H2,1-3H3,(H,29,38)(H,31,34)(H,32,35)(H,36,37)(H2,28,30,33). The third kappa shape index (κ3) is 8.00. The minimum absolute atomic E-state index is 0.0463. The highest BCUT2D eigenvalue weighted by molar-refractivity contribution is 9.10. The lowest BCUT2D eigenvalue weighted by atomic mass is 10.0. The molecule has 0 spiro atoms. The second-order valence-corrected chi connectivity index (χ2v) is 9.58. The van der Waals surface area contributed by atoms with Gasteiger partial charge in [-0.3, -0.25) is 19.5 Å². The number of amides is 2. The van der Waals surface area contributed by atoms with Gasteiger partial charge in [0.1, 0.15) is 6.17 Å². The summed E-state index contributed by atoms with van der Waals surface area (Å²) in [6.07, 6.45) is 0.127. The van der Waals surface area contributed by atoms with Gasteiger partial charge in [-0.15, -0.1) is 0 Å². The van der Waals surface area contributed by atoms with E-state index in [1.807, 2.05) is 13.0 Å². The number of carboxylic acid groups (broad SMARTS) is 1. The number of alkyl halides is 1. The minimum Gasteiger partial charge on any atom is -0.481 e. The summed E-state index contributed by atoms with van der Waals surface area (Å²) < 4.78 is 14.0. The maximum absolute atomic E-state index is 13.2. The van der Waals surface area contributed by atoms with E-state index in [1.54, 1.807) is 37.5 Å². The highest BCUT2D eigenvalue weighted by Gasteiger charge is 2.20. The van der Waals surface area contributed by atoms with Gasteiger partial charge in [0, 0.05) is 22.5 Å². The number of nitrogens with zero attached hydrogens (tertiary/aromatic N) is 2. The van der Waals surface area contributed by atoms with Crippen molar-refractivity contribution in [3.8, 4) is 0 Å². The average molecular weight is 590 g/mol. The van der Waals surface area contributed by atoms with Crippen molar-refractivity contribution in [3.05, 3.63) is 57.7 Å². The van der Waals surface area contributed by atoms with E-state index in [0.717, 1.165) is 10.0 Å². The Hall–Kier alpha value is -4.00. The fourth-order valence-corrected chi connectivity index (χ4v) is 4.34. The first-order valence-corrected chi connectivity index (χ1v) is 12.5. The van der Waals surface area contributed by atoms with E-state index in [0.29, 0.717) is 28.1 Å². The van der Waals surface area contributed by atoms with Crippen LogP contribution in [0.5, 0.6) is 0 Å². The number of aromatic nitrogens is 2. The highest BCUT2D eigenvalue weighted by atomic mass is 79.9. The Labute approximate surface area is 226 Å². The van der Waals surface area contributed by atoms with Crippen LogP contribution >= 0.6 is 15.9 Å². The van der Waals surface area contributed by atoms with E-state index in [-0.39, 0.29) is 25.1 Å². The maximum atomic E-state index is 13.2. The van der Waals surface area contributed by atoms with Gasteiger partial charge in [0.25, 0.3) is 5.91 Å². The van der Waals surface area contributed by atoms with Crippen molar-refractivity contribution < 1.29 is 23.9 Å². The molecule has 3 rings (SSSR count). The van der Waals surface area contributed by atoms with Gasteiger partial charge < -0.3 is 26.4 Å². The van der Waals surface area contributed by atoms with Crippen LogP contribution in [0.15, 0.2) is 46.0 Å². The molecule has 1 heterocycles. The number of carbonyl (C=O) groups excluding carboxylic acids is 2. The summed E-state index contributed by atoms with van der Waals surface area (Å²) in [5.74, 6) is -1.85. The summed E-state index contributed by atoms with van der Waals surface area (Å²) in [5, 5.41) is 27.9. The highest BCUT2D eigenvalue weighted by Crippen LogP contribution is 2.25. The predicted octanol–water partition coefficient (Wildman–Crippen LogP) is 3.04. The van der Waals surface area contributed by atoms with Crippen LogP contribution in [0.25, 0.3) is 10.9 Å². The smallest absolute Gasteiger partial charge is 0.305 e. The quantitative estimate of drug-likeness (QED) is 0.156. The number of nitrogens with one attached hydrogen (secondary N) is 5. The van der Waals surface area contributed by atoms with Gasteiger partial charge in [0.05, 0.1) is 43.0 Å². The molecule has 38 heavy (non-hydrogen) atoms. The molecule has 202 valence electrons. The van der Waals surface area contributed by atoms with Crippen LogP contribution in [0.1, 0.15) is 40.9 Å². The number of carboxylic acids is 1. The Kier molecular flexibility index (Phi) is 9.77. The van der Waals surface area contributed by atoms with Gasteiger partial charge in [0.2, 0.25) is 5.91 Å². The molecule has 0 aliphatic carbocycles. The van der Waals surface area contributed by atoms with Gasteiger partial charge in [0.15, 0.2) is 5.96 Å². The van der Waals surface area contributed by atoms with Gasteiger partial charge in [-0.25, -0.2) is 9.38 Å². The van der Waals surface area contributed by atoms with Crippen LogP contribution < -0.4 is 21.3 Å². The first-order chi connectivity index (χ1) is 18.0. The van der Waals surface area contributed by atoms with E-state index in [4.69, 9.17) is 0 Å². The number of aliphatic carboxylic acids is 1. The number of H-pyrrole nitrogens is 1. The number of guanidine groups is 1. The fourth-order valence-electron chi connectivity index (χ4n) is 3.71. The molecule has 0 bridgehead atoms. The second-order valence-electron chi connectivity index (χ2n) is 8.66. The number of anilines is 1. The largest absolute Gasteiger partial charge is 0.481 e. The van der Waals surface area contributed by atoms with Crippen molar-refractivity contribution in [2.75, 3.05) is 25.5 Å². The fraction of sp³-hybridized carbons (Fsp3) is 0.320. The van der Waals surface area contributed by atoms with Gasteiger partial charge in [-0.05, 0) is 49.2 Å². The first kappa shape index (κ1) is 28.6. The van der Waals surface area contributed by atoms with Crippen LogP contribution in [0, 0.1) is 6.92 Å². The third-order valence-corrected chi connectivity index (χ3v) is 5.86. The Morgan fingerprint density at radius 1 is 1.21 bits per heavy atom. The number of hydrogen-bond acceptors (Lipinski definition) is 5.